The van der Waals surface area contributed by atoms with Crippen molar-refractivity contribution in [3.05, 3.63) is 12.2 Å². The molecule has 0 aromatic carbocycles. The van der Waals surface area contributed by atoms with Crippen LogP contribution >= 0.6 is 0 Å². The van der Waals surface area contributed by atoms with Crippen molar-refractivity contribution in [1.29, 1.82) is 0 Å². The number of hydrogen-bond acceptors (Lipinski definition) is 4. The van der Waals surface area contributed by atoms with Gasteiger partial charge in [-0.2, -0.15) is 5.16 Å². The van der Waals surface area contributed by atoms with E-state index in [0.717, 1.165) is 0 Å². The van der Waals surface area contributed by atoms with Crippen molar-refractivity contribution in [2.24, 2.45) is 0 Å². The zero-order chi connectivity index (χ0) is 9.61. The summed E-state index contributed by atoms with van der Waals surface area (Å²) in [5.74, 6) is 0.627. The molecular weight excluding hydrogens is 183 g/mol. The predicted molar refractivity (Wildman–Crippen MR) is 40.5 cm³/mol. The maximum absolute atomic E-state index is 8.36. The van der Waals surface area contributed by atoms with Gasteiger partial charge in [0.25, 0.3) is 6.47 Å². The van der Waals surface area contributed by atoms with Gasteiger partial charge >= 0.3 is 29.6 Å². The molecule has 0 saturated heterocycles. The first-order valence-corrected chi connectivity index (χ1v) is 3.30. The Kier molecular flexibility index (Phi) is 8.20. The van der Waals surface area contributed by atoms with Gasteiger partial charge in [-0.3, -0.25) is 4.79 Å². The average molecular weight is 194 g/mol. The number of carbonyl (C=O) groups is 1. The van der Waals surface area contributed by atoms with Gasteiger partial charge in [0, 0.05) is 0 Å². The van der Waals surface area contributed by atoms with Crippen molar-refractivity contribution in [2.75, 3.05) is 0 Å². The van der Waals surface area contributed by atoms with Crippen molar-refractivity contribution in [3.63, 3.8) is 0 Å². The summed E-state index contributed by atoms with van der Waals surface area (Å²) in [5, 5.41) is 10.3. The van der Waals surface area contributed by atoms with Crippen LogP contribution in [-0.2, 0) is 10.2 Å². The van der Waals surface area contributed by atoms with Crippen LogP contribution in [0, 0.1) is 6.33 Å². The minimum atomic E-state index is -0.250. The van der Waals surface area contributed by atoms with Gasteiger partial charge in [0.15, 0.2) is 0 Å². The molecule has 13 heavy (non-hydrogen) atoms. The molecule has 1 aromatic heterocycles. The summed E-state index contributed by atoms with van der Waals surface area (Å²) in [6.45, 7) is 5.77. The topological polar surface area (TPSA) is 76.2 Å². The molecule has 0 aliphatic rings. The van der Waals surface area contributed by atoms with Gasteiger partial charge in [0.2, 0.25) is 0 Å². The summed E-state index contributed by atoms with van der Waals surface area (Å²) >= 11 is 0. The first-order chi connectivity index (χ1) is 5.52. The molecule has 6 heteroatoms. The fourth-order valence-corrected chi connectivity index (χ4v) is 0.455. The largest absolute Gasteiger partial charge is 1.00 e. The van der Waals surface area contributed by atoms with E-state index >= 15 is 0 Å². The molecule has 1 N–H and O–H groups in total. The Hall–Kier alpha value is -0.390. The Morgan fingerprint density at radius 1 is 1.54 bits per heavy atom. The molecule has 1 aromatic rings. The molecule has 1 heterocycles. The second-order valence-corrected chi connectivity index (χ2v) is 3.05. The minimum absolute atomic E-state index is 0. The van der Waals surface area contributed by atoms with Gasteiger partial charge in [-0.25, -0.2) is 0 Å². The van der Waals surface area contributed by atoms with Crippen LogP contribution in [0.25, 0.3) is 0 Å². The Labute approximate surface area is 98.8 Å². The van der Waals surface area contributed by atoms with Crippen molar-refractivity contribution in [2.45, 2.75) is 26.2 Å². The van der Waals surface area contributed by atoms with E-state index in [4.69, 9.17) is 14.4 Å². The number of rotatable bonds is 0. The zero-order valence-electron chi connectivity index (χ0n) is 8.24. The molecule has 0 radical (unpaired) electrons. The Balaban J connectivity index is 0. The van der Waals surface area contributed by atoms with Crippen LogP contribution in [0.15, 0.2) is 4.52 Å². The molecule has 0 bridgehead atoms. The fraction of sp³-hybridized carbons (Fsp3) is 0.571. The van der Waals surface area contributed by atoms with E-state index in [0.29, 0.717) is 5.89 Å². The summed E-state index contributed by atoms with van der Waals surface area (Å²) in [7, 11) is 0. The molecule has 68 valence electrons. The summed E-state index contributed by atoms with van der Waals surface area (Å²) in [6, 6.07) is 0. The number of nitrogens with zero attached hydrogens (tertiary/aromatic N) is 2. The second kappa shape index (κ2) is 7.06. The average Bonchev–Trinajstić information content (AvgIpc) is 2.36. The van der Waals surface area contributed by atoms with Gasteiger partial charge < -0.3 is 14.6 Å². The Morgan fingerprint density at radius 2 is 2.00 bits per heavy atom. The first kappa shape index (κ1) is 15.1. The molecule has 0 saturated carbocycles. The van der Waals surface area contributed by atoms with E-state index in [2.05, 4.69) is 16.5 Å². The third-order valence-corrected chi connectivity index (χ3v) is 0.966. The van der Waals surface area contributed by atoms with Crippen LogP contribution in [-0.4, -0.2) is 21.7 Å². The molecule has 0 unspecified atom stereocenters. The minimum Gasteiger partial charge on any atom is -0.483 e. The maximum Gasteiger partial charge on any atom is 1.00 e. The van der Waals surface area contributed by atoms with E-state index in [1.54, 1.807) is 0 Å². The van der Waals surface area contributed by atoms with Gasteiger partial charge in [-0.05, 0) is 11.7 Å². The maximum atomic E-state index is 8.36. The van der Waals surface area contributed by atoms with Crippen molar-refractivity contribution >= 4 is 6.47 Å². The third-order valence-electron chi connectivity index (χ3n) is 0.966. The van der Waals surface area contributed by atoms with Crippen LogP contribution in [0.4, 0.5) is 0 Å². The van der Waals surface area contributed by atoms with Crippen molar-refractivity contribution < 1.29 is 44.0 Å². The second-order valence-electron chi connectivity index (χ2n) is 3.05. The van der Waals surface area contributed by atoms with E-state index in [1.165, 1.54) is 0 Å². The third kappa shape index (κ3) is 6.74. The molecule has 0 aliphatic heterocycles. The quantitative estimate of drug-likeness (QED) is 0.290. The predicted octanol–water partition coefficient (Wildman–Crippen LogP) is -2.13. The van der Waals surface area contributed by atoms with Crippen LogP contribution in [0.3, 0.4) is 0 Å². The number of carboxylic acid groups (broad SMARTS) is 1. The Morgan fingerprint density at radius 3 is 2.15 bits per heavy atom. The monoisotopic (exact) mass is 194 g/mol. The number of aromatic nitrogens is 2. The van der Waals surface area contributed by atoms with Crippen LogP contribution in [0.5, 0.6) is 0 Å². The van der Waals surface area contributed by atoms with Crippen molar-refractivity contribution in [1.82, 2.24) is 10.1 Å². The molecule has 5 nitrogen and oxygen atoms in total. The zero-order valence-corrected chi connectivity index (χ0v) is 10.2. The van der Waals surface area contributed by atoms with Gasteiger partial charge in [-0.1, -0.05) is 20.8 Å². The van der Waals surface area contributed by atoms with Crippen LogP contribution < -0.4 is 29.6 Å². The first-order valence-electron chi connectivity index (χ1n) is 3.30. The summed E-state index contributed by atoms with van der Waals surface area (Å²) in [4.78, 5) is 12.1. The normalized spacial score (nSPS) is 9.15. The molecule has 0 spiro atoms. The molecule has 0 aliphatic carbocycles. The van der Waals surface area contributed by atoms with E-state index in [-0.39, 0.29) is 41.4 Å². The van der Waals surface area contributed by atoms with E-state index in [1.807, 2.05) is 20.8 Å². The van der Waals surface area contributed by atoms with Crippen LogP contribution in [0.2, 0.25) is 0 Å². The number of hydrogen-bond donors (Lipinski definition) is 1. The molecule has 0 atom stereocenters. The molecular formula is C7H11N2NaO3. The molecule has 0 fully saturated rings. The molecule has 1 rings (SSSR count). The summed E-state index contributed by atoms with van der Waals surface area (Å²) in [5.41, 5.74) is -0.0486. The van der Waals surface area contributed by atoms with E-state index < -0.39 is 0 Å². The van der Waals surface area contributed by atoms with Gasteiger partial charge in [0.1, 0.15) is 0 Å². The smallest absolute Gasteiger partial charge is 0.483 e. The Bertz CT molecular complexity index is 218. The van der Waals surface area contributed by atoms with Crippen LogP contribution in [0.1, 0.15) is 26.7 Å². The van der Waals surface area contributed by atoms with Crippen molar-refractivity contribution in [3.8, 4) is 0 Å². The SMILES string of the molecule is CC(C)(C)c1n[c-]no1.O=CO.[Na+]. The standard InChI is InChI=1S/C6H9N2O.CH2O2.Na/c1-6(2,3)5-7-4-8-9-5;2-1-3;/h1-3H3;1H,(H,2,3);/q-1;;+1. The van der Waals surface area contributed by atoms with Gasteiger partial charge in [0.05, 0.1) is 5.89 Å². The molecule has 0 amide bonds. The summed E-state index contributed by atoms with van der Waals surface area (Å²) < 4.78 is 4.78. The van der Waals surface area contributed by atoms with Gasteiger partial charge in [-0.15, -0.1) is 0 Å². The summed E-state index contributed by atoms with van der Waals surface area (Å²) in [6.07, 6.45) is 2.37. The van der Waals surface area contributed by atoms with E-state index in [9.17, 15) is 0 Å². The fourth-order valence-electron chi connectivity index (χ4n) is 0.455.